The summed E-state index contributed by atoms with van der Waals surface area (Å²) >= 11 is 0. The van der Waals surface area contributed by atoms with E-state index in [9.17, 15) is 0 Å². The minimum absolute atomic E-state index is 0.0417. The zero-order chi connectivity index (χ0) is 6.04. The Morgan fingerprint density at radius 3 is 2.12 bits per heavy atom. The lowest BCUT2D eigenvalue weighted by Gasteiger charge is -2.19. The lowest BCUT2D eigenvalue weighted by Crippen LogP contribution is -2.36. The second kappa shape index (κ2) is 2.03. The van der Waals surface area contributed by atoms with Gasteiger partial charge >= 0.3 is 0 Å². The molecule has 48 valence electrons. The Balaban J connectivity index is 2.40. The van der Waals surface area contributed by atoms with E-state index < -0.39 is 0 Å². The van der Waals surface area contributed by atoms with Crippen molar-refractivity contribution in [2.45, 2.75) is 38.1 Å². The summed E-state index contributed by atoms with van der Waals surface area (Å²) in [6, 6.07) is 0. The second-order valence-corrected chi connectivity index (χ2v) is 2.88. The molecule has 0 aromatic carbocycles. The van der Waals surface area contributed by atoms with E-state index in [1.807, 2.05) is 0 Å². The monoisotopic (exact) mass is 115 g/mol. The van der Waals surface area contributed by atoms with Crippen molar-refractivity contribution < 1.29 is 5.21 Å². The van der Waals surface area contributed by atoms with Crippen molar-refractivity contribution in [1.82, 2.24) is 5.48 Å². The van der Waals surface area contributed by atoms with Crippen LogP contribution in [0.25, 0.3) is 0 Å². The molecule has 0 unspecified atom stereocenters. The molecule has 1 fully saturated rings. The standard InChI is InChI=1S/C6H13NO/c1-6(7-8)4-2-3-5-6/h7-8H,2-5H2,1H3. The third-order valence-electron chi connectivity index (χ3n) is 1.98. The summed E-state index contributed by atoms with van der Waals surface area (Å²) in [5.74, 6) is 0. The minimum atomic E-state index is 0.0417. The van der Waals surface area contributed by atoms with Crippen LogP contribution in [0.5, 0.6) is 0 Å². The largest absolute Gasteiger partial charge is 0.316 e. The first kappa shape index (κ1) is 6.05. The number of hydroxylamine groups is 1. The van der Waals surface area contributed by atoms with Gasteiger partial charge in [-0.15, -0.1) is 0 Å². The topological polar surface area (TPSA) is 32.3 Å². The smallest absolute Gasteiger partial charge is 0.0402 e. The Bertz CT molecular complexity index is 76.6. The molecule has 1 aliphatic rings. The molecule has 0 aliphatic heterocycles. The third kappa shape index (κ3) is 1.01. The number of rotatable bonds is 1. The molecule has 0 aromatic heterocycles. The van der Waals surface area contributed by atoms with E-state index in [2.05, 4.69) is 12.4 Å². The highest BCUT2D eigenvalue weighted by atomic mass is 16.5. The van der Waals surface area contributed by atoms with Gasteiger partial charge in [-0.1, -0.05) is 12.8 Å². The van der Waals surface area contributed by atoms with Crippen molar-refractivity contribution in [3.05, 3.63) is 0 Å². The molecule has 1 aliphatic carbocycles. The van der Waals surface area contributed by atoms with Crippen LogP contribution in [-0.2, 0) is 0 Å². The Kier molecular flexibility index (Phi) is 1.54. The predicted molar refractivity (Wildman–Crippen MR) is 31.8 cm³/mol. The minimum Gasteiger partial charge on any atom is -0.316 e. The maximum Gasteiger partial charge on any atom is 0.0402 e. The van der Waals surface area contributed by atoms with Gasteiger partial charge in [-0.2, -0.15) is 5.48 Å². The summed E-state index contributed by atoms with van der Waals surface area (Å²) in [6.07, 6.45) is 4.74. The zero-order valence-electron chi connectivity index (χ0n) is 5.28. The average molecular weight is 115 g/mol. The Morgan fingerprint density at radius 2 is 1.88 bits per heavy atom. The molecule has 1 saturated carbocycles. The summed E-state index contributed by atoms with van der Waals surface area (Å²) in [4.78, 5) is 0. The molecule has 2 N–H and O–H groups in total. The van der Waals surface area contributed by atoms with Gasteiger partial charge < -0.3 is 5.21 Å². The lowest BCUT2D eigenvalue weighted by atomic mass is 10.0. The fourth-order valence-corrected chi connectivity index (χ4v) is 1.27. The Labute approximate surface area is 49.9 Å². The van der Waals surface area contributed by atoms with E-state index in [4.69, 9.17) is 5.21 Å². The maximum absolute atomic E-state index is 8.58. The predicted octanol–water partition coefficient (Wildman–Crippen LogP) is 1.30. The van der Waals surface area contributed by atoms with Gasteiger partial charge in [-0.05, 0) is 19.8 Å². The van der Waals surface area contributed by atoms with Crippen molar-refractivity contribution >= 4 is 0 Å². The SMILES string of the molecule is CC1(NO)CCCC1. The number of hydrogen-bond acceptors (Lipinski definition) is 2. The van der Waals surface area contributed by atoms with Gasteiger partial charge in [0.05, 0.1) is 0 Å². The fraction of sp³-hybridized carbons (Fsp3) is 1.00. The van der Waals surface area contributed by atoms with Gasteiger partial charge in [0, 0.05) is 5.54 Å². The van der Waals surface area contributed by atoms with Gasteiger partial charge in [0.15, 0.2) is 0 Å². The Morgan fingerprint density at radius 1 is 1.38 bits per heavy atom. The quantitative estimate of drug-likeness (QED) is 0.505. The Hall–Kier alpha value is -0.0800. The highest BCUT2D eigenvalue weighted by molar-refractivity contribution is 4.84. The van der Waals surface area contributed by atoms with E-state index >= 15 is 0 Å². The maximum atomic E-state index is 8.58. The molecule has 8 heavy (non-hydrogen) atoms. The number of hydrogen-bond donors (Lipinski definition) is 2. The van der Waals surface area contributed by atoms with E-state index in [1.165, 1.54) is 12.8 Å². The first-order valence-corrected chi connectivity index (χ1v) is 3.18. The lowest BCUT2D eigenvalue weighted by molar-refractivity contribution is 0.0751. The molecule has 0 saturated heterocycles. The van der Waals surface area contributed by atoms with E-state index in [0.717, 1.165) is 12.8 Å². The van der Waals surface area contributed by atoms with Crippen LogP contribution in [0.15, 0.2) is 0 Å². The molecule has 0 radical (unpaired) electrons. The van der Waals surface area contributed by atoms with Crippen LogP contribution >= 0.6 is 0 Å². The van der Waals surface area contributed by atoms with Crippen molar-refractivity contribution in [1.29, 1.82) is 0 Å². The molecule has 0 spiro atoms. The van der Waals surface area contributed by atoms with Crippen LogP contribution in [0.1, 0.15) is 32.6 Å². The molecule has 0 aromatic rings. The second-order valence-electron chi connectivity index (χ2n) is 2.88. The van der Waals surface area contributed by atoms with Crippen molar-refractivity contribution in [3.63, 3.8) is 0 Å². The number of nitrogens with one attached hydrogen (secondary N) is 1. The fourth-order valence-electron chi connectivity index (χ4n) is 1.27. The van der Waals surface area contributed by atoms with Gasteiger partial charge in [-0.25, -0.2) is 0 Å². The molecule has 1 rings (SSSR count). The van der Waals surface area contributed by atoms with E-state index in [-0.39, 0.29) is 5.54 Å². The molecule has 0 bridgehead atoms. The van der Waals surface area contributed by atoms with Gasteiger partial charge in [0.1, 0.15) is 0 Å². The third-order valence-corrected chi connectivity index (χ3v) is 1.98. The molecule has 0 atom stereocenters. The van der Waals surface area contributed by atoms with Crippen LogP contribution in [0, 0.1) is 0 Å². The molecule has 2 nitrogen and oxygen atoms in total. The highest BCUT2D eigenvalue weighted by Crippen LogP contribution is 2.27. The van der Waals surface area contributed by atoms with Crippen molar-refractivity contribution in [2.24, 2.45) is 0 Å². The van der Waals surface area contributed by atoms with Crippen LogP contribution in [0.4, 0.5) is 0 Å². The molecule has 2 heteroatoms. The summed E-state index contributed by atoms with van der Waals surface area (Å²) in [5.41, 5.74) is 2.38. The highest BCUT2D eigenvalue weighted by Gasteiger charge is 2.26. The van der Waals surface area contributed by atoms with Crippen molar-refractivity contribution in [3.8, 4) is 0 Å². The molecular weight excluding hydrogens is 102 g/mol. The van der Waals surface area contributed by atoms with E-state index in [0.29, 0.717) is 0 Å². The zero-order valence-corrected chi connectivity index (χ0v) is 5.28. The van der Waals surface area contributed by atoms with Crippen molar-refractivity contribution in [2.75, 3.05) is 0 Å². The molecule has 0 heterocycles. The van der Waals surface area contributed by atoms with E-state index in [1.54, 1.807) is 0 Å². The summed E-state index contributed by atoms with van der Waals surface area (Å²) in [5, 5.41) is 8.58. The van der Waals surface area contributed by atoms with Crippen LogP contribution in [0.3, 0.4) is 0 Å². The van der Waals surface area contributed by atoms with Crippen LogP contribution in [-0.4, -0.2) is 10.7 Å². The van der Waals surface area contributed by atoms with Gasteiger partial charge in [0.2, 0.25) is 0 Å². The summed E-state index contributed by atoms with van der Waals surface area (Å²) in [6.45, 7) is 2.06. The first-order valence-electron chi connectivity index (χ1n) is 3.18. The summed E-state index contributed by atoms with van der Waals surface area (Å²) in [7, 11) is 0. The van der Waals surface area contributed by atoms with Crippen LogP contribution < -0.4 is 5.48 Å². The molecule has 0 amide bonds. The normalized spacial score (nSPS) is 26.2. The first-order chi connectivity index (χ1) is 3.77. The van der Waals surface area contributed by atoms with Crippen LogP contribution in [0.2, 0.25) is 0 Å². The van der Waals surface area contributed by atoms with Gasteiger partial charge in [-0.3, -0.25) is 0 Å². The summed E-state index contributed by atoms with van der Waals surface area (Å²) < 4.78 is 0. The average Bonchev–Trinajstić information content (AvgIpc) is 2.17. The van der Waals surface area contributed by atoms with Gasteiger partial charge in [0.25, 0.3) is 0 Å². The molecular formula is C6H13NO.